The lowest BCUT2D eigenvalue weighted by Gasteiger charge is -2.32. The van der Waals surface area contributed by atoms with E-state index in [0.717, 1.165) is 12.2 Å². The van der Waals surface area contributed by atoms with Gasteiger partial charge < -0.3 is 11.1 Å². The first-order valence-corrected chi connectivity index (χ1v) is 6.19. The first-order valence-electron chi connectivity index (χ1n) is 6.19. The Balaban J connectivity index is 2.02. The van der Waals surface area contributed by atoms with E-state index in [2.05, 4.69) is 16.4 Å². The SMILES string of the molecule is Cc1cc(NC2CCCCC2CN)ccn1. The Bertz CT molecular complexity index is 338. The van der Waals surface area contributed by atoms with Crippen LogP contribution in [0.4, 0.5) is 5.69 Å². The van der Waals surface area contributed by atoms with Gasteiger partial charge in [-0.25, -0.2) is 0 Å². The zero-order chi connectivity index (χ0) is 11.4. The summed E-state index contributed by atoms with van der Waals surface area (Å²) in [7, 11) is 0. The molecular formula is C13H21N3. The number of nitrogens with two attached hydrogens (primary N) is 1. The van der Waals surface area contributed by atoms with Crippen LogP contribution in [0.5, 0.6) is 0 Å². The van der Waals surface area contributed by atoms with Crippen LogP contribution in [0, 0.1) is 12.8 Å². The second-order valence-electron chi connectivity index (χ2n) is 4.72. The molecule has 1 aliphatic rings. The first-order chi connectivity index (χ1) is 7.79. The third kappa shape index (κ3) is 2.73. The van der Waals surface area contributed by atoms with Crippen molar-refractivity contribution in [1.82, 2.24) is 4.98 Å². The molecule has 1 aromatic rings. The third-order valence-corrected chi connectivity index (χ3v) is 3.46. The molecule has 16 heavy (non-hydrogen) atoms. The maximum atomic E-state index is 5.82. The van der Waals surface area contributed by atoms with Crippen molar-refractivity contribution < 1.29 is 0 Å². The summed E-state index contributed by atoms with van der Waals surface area (Å²) in [6, 6.07) is 4.68. The van der Waals surface area contributed by atoms with Gasteiger partial charge in [-0.15, -0.1) is 0 Å². The van der Waals surface area contributed by atoms with Crippen LogP contribution in [0.1, 0.15) is 31.4 Å². The summed E-state index contributed by atoms with van der Waals surface area (Å²) >= 11 is 0. The number of hydrogen-bond acceptors (Lipinski definition) is 3. The molecular weight excluding hydrogens is 198 g/mol. The number of rotatable bonds is 3. The summed E-state index contributed by atoms with van der Waals surface area (Å²) in [6.45, 7) is 2.81. The van der Waals surface area contributed by atoms with E-state index in [4.69, 9.17) is 5.73 Å². The van der Waals surface area contributed by atoms with Gasteiger partial charge in [0.2, 0.25) is 0 Å². The van der Waals surface area contributed by atoms with E-state index >= 15 is 0 Å². The lowest BCUT2D eigenvalue weighted by Crippen LogP contribution is -2.36. The predicted octanol–water partition coefficient (Wildman–Crippen LogP) is 2.32. The van der Waals surface area contributed by atoms with Crippen molar-refractivity contribution in [2.45, 2.75) is 38.6 Å². The Hall–Kier alpha value is -1.09. The summed E-state index contributed by atoms with van der Waals surface area (Å²) in [6.07, 6.45) is 7.01. The number of aryl methyl sites for hydroxylation is 1. The van der Waals surface area contributed by atoms with Crippen molar-refractivity contribution in [3.05, 3.63) is 24.0 Å². The molecule has 1 heterocycles. The average molecular weight is 219 g/mol. The summed E-state index contributed by atoms with van der Waals surface area (Å²) in [5.41, 5.74) is 8.06. The Morgan fingerprint density at radius 3 is 3.00 bits per heavy atom. The van der Waals surface area contributed by atoms with Gasteiger partial charge in [-0.2, -0.15) is 0 Å². The van der Waals surface area contributed by atoms with Gasteiger partial charge in [0.25, 0.3) is 0 Å². The summed E-state index contributed by atoms with van der Waals surface area (Å²) < 4.78 is 0. The zero-order valence-electron chi connectivity index (χ0n) is 9.95. The minimum Gasteiger partial charge on any atom is -0.382 e. The fourth-order valence-corrected chi connectivity index (χ4v) is 2.53. The van der Waals surface area contributed by atoms with E-state index in [1.54, 1.807) is 0 Å². The zero-order valence-corrected chi connectivity index (χ0v) is 9.95. The number of hydrogen-bond donors (Lipinski definition) is 2. The quantitative estimate of drug-likeness (QED) is 0.820. The van der Waals surface area contributed by atoms with Crippen molar-refractivity contribution in [3.8, 4) is 0 Å². The van der Waals surface area contributed by atoms with Crippen LogP contribution >= 0.6 is 0 Å². The molecule has 2 rings (SSSR count). The Labute approximate surface area is 97.5 Å². The first kappa shape index (κ1) is 11.4. The molecule has 1 aliphatic carbocycles. The van der Waals surface area contributed by atoms with E-state index in [1.807, 2.05) is 19.2 Å². The second-order valence-corrected chi connectivity index (χ2v) is 4.72. The lowest BCUT2D eigenvalue weighted by molar-refractivity contribution is 0.332. The average Bonchev–Trinajstić information content (AvgIpc) is 2.30. The molecule has 3 heteroatoms. The van der Waals surface area contributed by atoms with Gasteiger partial charge in [-0.3, -0.25) is 4.98 Å². The van der Waals surface area contributed by atoms with Crippen LogP contribution in [-0.4, -0.2) is 17.6 Å². The highest BCUT2D eigenvalue weighted by Gasteiger charge is 2.23. The maximum absolute atomic E-state index is 5.82. The van der Waals surface area contributed by atoms with E-state index in [0.29, 0.717) is 12.0 Å². The summed E-state index contributed by atoms with van der Waals surface area (Å²) in [5.74, 6) is 0.627. The van der Waals surface area contributed by atoms with Gasteiger partial charge in [-0.05, 0) is 44.4 Å². The molecule has 0 spiro atoms. The molecule has 1 saturated carbocycles. The highest BCUT2D eigenvalue weighted by molar-refractivity contribution is 5.44. The van der Waals surface area contributed by atoms with Crippen LogP contribution < -0.4 is 11.1 Å². The molecule has 88 valence electrons. The fraction of sp³-hybridized carbons (Fsp3) is 0.615. The Morgan fingerprint density at radius 2 is 2.25 bits per heavy atom. The number of nitrogens with zero attached hydrogens (tertiary/aromatic N) is 1. The number of anilines is 1. The van der Waals surface area contributed by atoms with Gasteiger partial charge in [0.1, 0.15) is 0 Å². The largest absolute Gasteiger partial charge is 0.382 e. The molecule has 0 bridgehead atoms. The molecule has 2 unspecified atom stereocenters. The minimum absolute atomic E-state index is 0.542. The van der Waals surface area contributed by atoms with E-state index in [1.165, 1.54) is 31.4 Å². The fourth-order valence-electron chi connectivity index (χ4n) is 2.53. The number of pyridine rings is 1. The Morgan fingerprint density at radius 1 is 1.44 bits per heavy atom. The van der Waals surface area contributed by atoms with Crippen molar-refractivity contribution in [3.63, 3.8) is 0 Å². The molecule has 0 aromatic carbocycles. The lowest BCUT2D eigenvalue weighted by atomic mass is 9.84. The van der Waals surface area contributed by atoms with Crippen LogP contribution in [0.25, 0.3) is 0 Å². The molecule has 1 aromatic heterocycles. The highest BCUT2D eigenvalue weighted by atomic mass is 14.9. The van der Waals surface area contributed by atoms with E-state index in [-0.39, 0.29) is 0 Å². The molecule has 3 N–H and O–H groups in total. The molecule has 0 radical (unpaired) electrons. The molecule has 0 saturated heterocycles. The van der Waals surface area contributed by atoms with E-state index in [9.17, 15) is 0 Å². The van der Waals surface area contributed by atoms with Crippen LogP contribution in [0.15, 0.2) is 18.3 Å². The van der Waals surface area contributed by atoms with Gasteiger partial charge >= 0.3 is 0 Å². The molecule has 3 nitrogen and oxygen atoms in total. The molecule has 0 amide bonds. The van der Waals surface area contributed by atoms with Crippen LogP contribution in [-0.2, 0) is 0 Å². The van der Waals surface area contributed by atoms with Gasteiger partial charge in [0.05, 0.1) is 0 Å². The van der Waals surface area contributed by atoms with Crippen molar-refractivity contribution >= 4 is 5.69 Å². The normalized spacial score (nSPS) is 25.4. The topological polar surface area (TPSA) is 50.9 Å². The summed E-state index contributed by atoms with van der Waals surface area (Å²) in [5, 5.41) is 3.60. The molecule has 1 fully saturated rings. The predicted molar refractivity (Wildman–Crippen MR) is 67.4 cm³/mol. The standard InChI is InChI=1S/C13H21N3/c1-10-8-12(6-7-15-10)16-13-5-3-2-4-11(13)9-14/h6-8,11,13H,2-5,9,14H2,1H3,(H,15,16). The smallest absolute Gasteiger partial charge is 0.0393 e. The van der Waals surface area contributed by atoms with Crippen LogP contribution in [0.2, 0.25) is 0 Å². The third-order valence-electron chi connectivity index (χ3n) is 3.46. The van der Waals surface area contributed by atoms with E-state index < -0.39 is 0 Å². The highest BCUT2D eigenvalue weighted by Crippen LogP contribution is 2.26. The minimum atomic E-state index is 0.542. The monoisotopic (exact) mass is 219 g/mol. The van der Waals surface area contributed by atoms with Gasteiger partial charge in [-0.1, -0.05) is 12.8 Å². The second kappa shape index (κ2) is 5.30. The number of nitrogens with one attached hydrogen (secondary N) is 1. The summed E-state index contributed by atoms with van der Waals surface area (Å²) in [4.78, 5) is 4.21. The molecule has 0 aliphatic heterocycles. The number of aromatic nitrogens is 1. The van der Waals surface area contributed by atoms with Crippen LogP contribution in [0.3, 0.4) is 0 Å². The van der Waals surface area contributed by atoms with Crippen molar-refractivity contribution in [2.24, 2.45) is 11.7 Å². The maximum Gasteiger partial charge on any atom is 0.0393 e. The van der Waals surface area contributed by atoms with Gasteiger partial charge in [0, 0.05) is 23.6 Å². The van der Waals surface area contributed by atoms with Crippen molar-refractivity contribution in [1.29, 1.82) is 0 Å². The van der Waals surface area contributed by atoms with Gasteiger partial charge in [0.15, 0.2) is 0 Å². The Kier molecular flexibility index (Phi) is 3.78. The van der Waals surface area contributed by atoms with Crippen molar-refractivity contribution in [2.75, 3.05) is 11.9 Å². The molecule has 2 atom stereocenters.